The fourth-order valence-corrected chi connectivity index (χ4v) is 2.67. The van der Waals surface area contributed by atoms with Gasteiger partial charge in [-0.25, -0.2) is 0 Å². The van der Waals surface area contributed by atoms with Gasteiger partial charge < -0.3 is 9.73 Å². The predicted octanol–water partition coefficient (Wildman–Crippen LogP) is 5.90. The Balaban J connectivity index is 1.95. The van der Waals surface area contributed by atoms with Crippen LogP contribution in [0.4, 0.5) is 5.69 Å². The lowest BCUT2D eigenvalue weighted by Crippen LogP contribution is -2.11. The summed E-state index contributed by atoms with van der Waals surface area (Å²) >= 11 is 9.49. The largest absolute Gasteiger partial charge is 0.467 e. The van der Waals surface area contributed by atoms with E-state index in [1.165, 1.54) is 0 Å². The van der Waals surface area contributed by atoms with E-state index >= 15 is 0 Å². The lowest BCUT2D eigenvalue weighted by atomic mass is 10.0. The minimum atomic E-state index is -0.0470. The summed E-state index contributed by atoms with van der Waals surface area (Å²) in [7, 11) is 0. The van der Waals surface area contributed by atoms with Crippen LogP contribution in [0.2, 0.25) is 5.02 Å². The Morgan fingerprint density at radius 3 is 2.48 bits per heavy atom. The third-order valence-corrected chi connectivity index (χ3v) is 4.41. The maximum Gasteiger partial charge on any atom is 0.130 e. The number of nitrogens with one attached hydrogen (secondary N) is 1. The molecule has 0 spiro atoms. The average Bonchev–Trinajstić information content (AvgIpc) is 3.03. The lowest BCUT2D eigenvalue weighted by Gasteiger charge is -2.19. The van der Waals surface area contributed by atoms with Gasteiger partial charge in [0.25, 0.3) is 0 Å². The minimum Gasteiger partial charge on any atom is -0.467 e. The molecule has 1 heterocycles. The van der Waals surface area contributed by atoms with Crippen LogP contribution in [0.1, 0.15) is 17.4 Å². The summed E-state index contributed by atoms with van der Waals surface area (Å²) in [4.78, 5) is 0. The molecule has 3 rings (SSSR count). The molecule has 106 valence electrons. The van der Waals surface area contributed by atoms with E-state index in [0.717, 1.165) is 21.5 Å². The molecule has 0 radical (unpaired) electrons. The maximum absolute atomic E-state index is 6.04. The zero-order valence-corrected chi connectivity index (χ0v) is 13.4. The molecule has 21 heavy (non-hydrogen) atoms. The van der Waals surface area contributed by atoms with Crippen molar-refractivity contribution in [3.8, 4) is 0 Å². The number of halogens is 2. The van der Waals surface area contributed by atoms with Crippen LogP contribution in [0.5, 0.6) is 0 Å². The summed E-state index contributed by atoms with van der Waals surface area (Å²) in [5.41, 5.74) is 2.11. The topological polar surface area (TPSA) is 25.2 Å². The SMILES string of the molecule is Clc1ccc(NC(c2ccccc2)c2ccco2)cc1Br. The van der Waals surface area contributed by atoms with Crippen LogP contribution in [0, 0.1) is 0 Å². The molecule has 0 aliphatic rings. The number of benzene rings is 2. The Morgan fingerprint density at radius 2 is 1.81 bits per heavy atom. The molecule has 0 fully saturated rings. The highest BCUT2D eigenvalue weighted by atomic mass is 79.9. The molecular formula is C17H13BrClNO. The zero-order chi connectivity index (χ0) is 14.7. The van der Waals surface area contributed by atoms with Crippen molar-refractivity contribution in [2.24, 2.45) is 0 Å². The van der Waals surface area contributed by atoms with Gasteiger partial charge in [0.1, 0.15) is 11.8 Å². The van der Waals surface area contributed by atoms with Crippen LogP contribution in [-0.2, 0) is 0 Å². The Kier molecular flexibility index (Phi) is 4.32. The second-order valence-corrected chi connectivity index (χ2v) is 5.89. The van der Waals surface area contributed by atoms with E-state index in [4.69, 9.17) is 16.0 Å². The van der Waals surface area contributed by atoms with E-state index in [0.29, 0.717) is 5.02 Å². The van der Waals surface area contributed by atoms with Crippen molar-refractivity contribution in [1.29, 1.82) is 0 Å². The highest BCUT2D eigenvalue weighted by Gasteiger charge is 2.16. The molecule has 0 aliphatic carbocycles. The Hall–Kier alpha value is -1.71. The van der Waals surface area contributed by atoms with Gasteiger partial charge in [0, 0.05) is 10.2 Å². The summed E-state index contributed by atoms with van der Waals surface area (Å²) in [6, 6.07) is 19.8. The van der Waals surface area contributed by atoms with Crippen molar-refractivity contribution < 1.29 is 4.42 Å². The molecule has 0 amide bonds. The molecule has 1 N–H and O–H groups in total. The van der Waals surface area contributed by atoms with Crippen molar-refractivity contribution in [1.82, 2.24) is 0 Å². The van der Waals surface area contributed by atoms with Gasteiger partial charge in [-0.1, -0.05) is 41.9 Å². The van der Waals surface area contributed by atoms with Gasteiger partial charge in [-0.3, -0.25) is 0 Å². The fourth-order valence-electron chi connectivity index (χ4n) is 2.17. The maximum atomic E-state index is 6.04. The average molecular weight is 363 g/mol. The smallest absolute Gasteiger partial charge is 0.130 e. The summed E-state index contributed by atoms with van der Waals surface area (Å²) < 4.78 is 6.44. The Bertz CT molecular complexity index is 713. The molecule has 2 nitrogen and oxygen atoms in total. The van der Waals surface area contributed by atoms with Gasteiger partial charge in [-0.2, -0.15) is 0 Å². The first-order valence-electron chi connectivity index (χ1n) is 6.54. The van der Waals surface area contributed by atoms with Crippen LogP contribution >= 0.6 is 27.5 Å². The molecule has 1 aromatic heterocycles. The summed E-state index contributed by atoms with van der Waals surface area (Å²) in [6.45, 7) is 0. The molecular weight excluding hydrogens is 350 g/mol. The molecule has 0 aliphatic heterocycles. The molecule has 3 aromatic rings. The van der Waals surface area contributed by atoms with Crippen LogP contribution in [0.15, 0.2) is 75.8 Å². The highest BCUT2D eigenvalue weighted by molar-refractivity contribution is 9.10. The third-order valence-electron chi connectivity index (χ3n) is 3.19. The van der Waals surface area contributed by atoms with Crippen molar-refractivity contribution in [2.45, 2.75) is 6.04 Å². The predicted molar refractivity (Wildman–Crippen MR) is 89.8 cm³/mol. The molecule has 0 saturated heterocycles. The number of hydrogen-bond acceptors (Lipinski definition) is 2. The zero-order valence-electron chi connectivity index (χ0n) is 11.1. The third kappa shape index (κ3) is 3.31. The summed E-state index contributed by atoms with van der Waals surface area (Å²) in [6.07, 6.45) is 1.69. The fraction of sp³-hybridized carbons (Fsp3) is 0.0588. The van der Waals surface area contributed by atoms with Crippen LogP contribution in [-0.4, -0.2) is 0 Å². The molecule has 1 unspecified atom stereocenters. The normalized spacial score (nSPS) is 12.1. The monoisotopic (exact) mass is 361 g/mol. The second kappa shape index (κ2) is 6.37. The first kappa shape index (κ1) is 14.2. The quantitative estimate of drug-likeness (QED) is 0.625. The number of anilines is 1. The van der Waals surface area contributed by atoms with E-state index in [2.05, 4.69) is 33.4 Å². The van der Waals surface area contributed by atoms with E-state index in [1.54, 1.807) is 6.26 Å². The highest BCUT2D eigenvalue weighted by Crippen LogP contribution is 2.30. The van der Waals surface area contributed by atoms with Gasteiger partial charge in [-0.15, -0.1) is 0 Å². The molecule has 2 aromatic carbocycles. The number of rotatable bonds is 4. The van der Waals surface area contributed by atoms with Crippen molar-refractivity contribution in [3.63, 3.8) is 0 Å². The molecule has 4 heteroatoms. The Morgan fingerprint density at radius 1 is 1.00 bits per heavy atom. The van der Waals surface area contributed by atoms with E-state index in [-0.39, 0.29) is 6.04 Å². The second-order valence-electron chi connectivity index (χ2n) is 4.63. The Labute approximate surface area is 136 Å². The standard InChI is InChI=1S/C17H13BrClNO/c18-14-11-13(8-9-15(14)19)20-17(16-7-4-10-21-16)12-5-2-1-3-6-12/h1-11,17,20H. The van der Waals surface area contributed by atoms with Gasteiger partial charge in [0.15, 0.2) is 0 Å². The van der Waals surface area contributed by atoms with Crippen LogP contribution in [0.3, 0.4) is 0 Å². The number of hydrogen-bond donors (Lipinski definition) is 1. The van der Waals surface area contributed by atoms with E-state index in [1.807, 2.05) is 48.5 Å². The van der Waals surface area contributed by atoms with Crippen molar-refractivity contribution in [2.75, 3.05) is 5.32 Å². The van der Waals surface area contributed by atoms with Gasteiger partial charge >= 0.3 is 0 Å². The summed E-state index contributed by atoms with van der Waals surface area (Å²) in [5.74, 6) is 0.868. The van der Waals surface area contributed by atoms with Gasteiger partial charge in [0.05, 0.1) is 11.3 Å². The molecule has 0 saturated carbocycles. The first-order valence-corrected chi connectivity index (χ1v) is 7.71. The first-order chi connectivity index (χ1) is 10.2. The molecule has 1 atom stereocenters. The van der Waals surface area contributed by atoms with Gasteiger partial charge in [0.2, 0.25) is 0 Å². The van der Waals surface area contributed by atoms with Crippen LogP contribution in [0.25, 0.3) is 0 Å². The van der Waals surface area contributed by atoms with Gasteiger partial charge in [-0.05, 0) is 51.8 Å². The van der Waals surface area contributed by atoms with Crippen molar-refractivity contribution in [3.05, 3.63) is 87.7 Å². The van der Waals surface area contributed by atoms with Crippen LogP contribution < -0.4 is 5.32 Å². The molecule has 0 bridgehead atoms. The van der Waals surface area contributed by atoms with E-state index < -0.39 is 0 Å². The number of furan rings is 1. The lowest BCUT2D eigenvalue weighted by molar-refractivity contribution is 0.499. The van der Waals surface area contributed by atoms with E-state index in [9.17, 15) is 0 Å². The minimum absolute atomic E-state index is 0.0470. The summed E-state index contributed by atoms with van der Waals surface area (Å²) in [5, 5.41) is 4.17. The van der Waals surface area contributed by atoms with Crippen molar-refractivity contribution >= 4 is 33.2 Å².